The molecule has 1 aliphatic rings. The molecule has 166 valence electrons. The molecular weight excluding hydrogens is 450 g/mol. The second kappa shape index (κ2) is 10.4. The largest absolute Gasteiger partial charge is 0.444 e. The zero-order valence-electron chi connectivity index (χ0n) is 18.5. The van der Waals surface area contributed by atoms with E-state index in [1.54, 1.807) is 18.2 Å². The molecule has 1 aromatic carbocycles. The minimum Gasteiger partial charge on any atom is -0.444 e. The van der Waals surface area contributed by atoms with Crippen molar-refractivity contribution in [1.82, 2.24) is 9.80 Å². The predicted octanol–water partition coefficient (Wildman–Crippen LogP) is 4.17. The van der Waals surface area contributed by atoms with Gasteiger partial charge >= 0.3 is 6.09 Å². The van der Waals surface area contributed by atoms with Crippen LogP contribution in [-0.4, -0.2) is 66.9 Å². The lowest BCUT2D eigenvalue weighted by molar-refractivity contribution is -0.124. The van der Waals surface area contributed by atoms with Gasteiger partial charge in [0.25, 0.3) is 0 Å². The standard InChI is InChI=1S/C22H32BrN3O4/c1-22(2,3)30-21(29)26-13-15(14-26)20(28)24-18-10-9-16(23)12-17(18)19(27)8-6-7-11-25(4)5/h9-10,12,15H,6-8,11,13-14H2,1-5H3,(H,24,28). The van der Waals surface area contributed by atoms with Crippen molar-refractivity contribution in [3.63, 3.8) is 0 Å². The van der Waals surface area contributed by atoms with E-state index in [0.29, 0.717) is 30.8 Å². The summed E-state index contributed by atoms with van der Waals surface area (Å²) in [4.78, 5) is 41.0. The minimum atomic E-state index is -0.566. The number of nitrogens with one attached hydrogen (secondary N) is 1. The smallest absolute Gasteiger partial charge is 0.410 e. The summed E-state index contributed by atoms with van der Waals surface area (Å²) in [5.41, 5.74) is 0.450. The van der Waals surface area contributed by atoms with Crippen LogP contribution in [-0.2, 0) is 9.53 Å². The van der Waals surface area contributed by atoms with E-state index in [1.165, 1.54) is 4.90 Å². The number of carbonyl (C=O) groups excluding carboxylic acids is 3. The number of rotatable bonds is 8. The molecule has 0 saturated carbocycles. The quantitative estimate of drug-likeness (QED) is 0.445. The van der Waals surface area contributed by atoms with Crippen LogP contribution < -0.4 is 5.32 Å². The summed E-state index contributed by atoms with van der Waals surface area (Å²) in [5.74, 6) is -0.502. The Morgan fingerprint density at radius 2 is 1.87 bits per heavy atom. The molecule has 0 radical (unpaired) electrons. The number of benzene rings is 1. The van der Waals surface area contributed by atoms with Crippen LogP contribution in [0.2, 0.25) is 0 Å². The first-order valence-electron chi connectivity index (χ1n) is 10.2. The number of likely N-dealkylation sites (tertiary alicyclic amines) is 1. The fourth-order valence-electron chi connectivity index (χ4n) is 3.06. The van der Waals surface area contributed by atoms with Crippen molar-refractivity contribution in [2.45, 2.75) is 45.6 Å². The number of halogens is 1. The van der Waals surface area contributed by atoms with Gasteiger partial charge < -0.3 is 19.9 Å². The van der Waals surface area contributed by atoms with Crippen LogP contribution in [0.25, 0.3) is 0 Å². The number of carbonyl (C=O) groups is 3. The van der Waals surface area contributed by atoms with Gasteiger partial charge in [-0.2, -0.15) is 0 Å². The molecule has 0 aliphatic carbocycles. The highest BCUT2D eigenvalue weighted by molar-refractivity contribution is 9.10. The third-order valence-corrected chi connectivity index (χ3v) is 5.20. The van der Waals surface area contributed by atoms with Crippen LogP contribution in [0.5, 0.6) is 0 Å². The summed E-state index contributed by atoms with van der Waals surface area (Å²) < 4.78 is 6.10. The number of amides is 2. The Kier molecular flexibility index (Phi) is 8.43. The second-order valence-electron chi connectivity index (χ2n) is 8.94. The molecular formula is C22H32BrN3O4. The zero-order valence-corrected chi connectivity index (χ0v) is 20.0. The van der Waals surface area contributed by atoms with Crippen molar-refractivity contribution in [3.8, 4) is 0 Å². The number of ketones is 1. The maximum Gasteiger partial charge on any atom is 0.410 e. The summed E-state index contributed by atoms with van der Waals surface area (Å²) in [5, 5.41) is 2.87. The molecule has 0 aromatic heterocycles. The van der Waals surface area contributed by atoms with Crippen LogP contribution in [0.15, 0.2) is 22.7 Å². The summed E-state index contributed by atoms with van der Waals surface area (Å²) in [6.07, 6.45) is 1.76. The molecule has 2 amide bonds. The molecule has 7 nitrogen and oxygen atoms in total. The van der Waals surface area contributed by atoms with Gasteiger partial charge in [0.1, 0.15) is 5.60 Å². The van der Waals surface area contributed by atoms with Crippen molar-refractivity contribution in [1.29, 1.82) is 0 Å². The molecule has 2 rings (SSSR count). The molecule has 0 unspecified atom stereocenters. The Morgan fingerprint density at radius 1 is 1.20 bits per heavy atom. The minimum absolute atomic E-state index is 0.00865. The van der Waals surface area contributed by atoms with Crippen LogP contribution >= 0.6 is 15.9 Å². The van der Waals surface area contributed by atoms with E-state index < -0.39 is 11.7 Å². The normalized spacial score (nSPS) is 14.4. The van der Waals surface area contributed by atoms with Gasteiger partial charge in [0, 0.05) is 29.5 Å². The highest BCUT2D eigenvalue weighted by atomic mass is 79.9. The molecule has 0 spiro atoms. The third kappa shape index (κ3) is 7.40. The Hall–Kier alpha value is -1.93. The topological polar surface area (TPSA) is 79.0 Å². The lowest BCUT2D eigenvalue weighted by Crippen LogP contribution is -2.55. The van der Waals surface area contributed by atoms with E-state index in [0.717, 1.165) is 23.9 Å². The lowest BCUT2D eigenvalue weighted by atomic mass is 9.98. The van der Waals surface area contributed by atoms with Gasteiger partial charge in [-0.15, -0.1) is 0 Å². The summed E-state index contributed by atoms with van der Waals surface area (Å²) >= 11 is 3.40. The van der Waals surface area contributed by atoms with Gasteiger partial charge in [0.2, 0.25) is 5.91 Å². The Bertz CT molecular complexity index is 783. The first-order valence-corrected chi connectivity index (χ1v) is 11.0. The van der Waals surface area contributed by atoms with E-state index >= 15 is 0 Å². The number of anilines is 1. The van der Waals surface area contributed by atoms with Gasteiger partial charge in [-0.3, -0.25) is 9.59 Å². The van der Waals surface area contributed by atoms with Crippen molar-refractivity contribution >= 4 is 39.4 Å². The average molecular weight is 482 g/mol. The predicted molar refractivity (Wildman–Crippen MR) is 121 cm³/mol. The summed E-state index contributed by atoms with van der Waals surface area (Å²) in [6, 6.07) is 5.28. The monoisotopic (exact) mass is 481 g/mol. The molecule has 30 heavy (non-hydrogen) atoms. The number of nitrogens with zero attached hydrogens (tertiary/aromatic N) is 2. The van der Waals surface area contributed by atoms with Crippen LogP contribution in [0, 0.1) is 5.92 Å². The summed E-state index contributed by atoms with van der Waals surface area (Å²) in [7, 11) is 4.02. The first kappa shape index (κ1) is 24.3. The number of hydrogen-bond donors (Lipinski definition) is 1. The van der Waals surface area contributed by atoms with Crippen LogP contribution in [0.4, 0.5) is 10.5 Å². The van der Waals surface area contributed by atoms with E-state index in [4.69, 9.17) is 4.74 Å². The lowest BCUT2D eigenvalue weighted by Gasteiger charge is -2.38. The molecule has 1 saturated heterocycles. The van der Waals surface area contributed by atoms with E-state index in [1.807, 2.05) is 34.9 Å². The van der Waals surface area contributed by atoms with Gasteiger partial charge in [-0.05, 0) is 72.5 Å². The number of hydrogen-bond acceptors (Lipinski definition) is 5. The van der Waals surface area contributed by atoms with Gasteiger partial charge in [0.05, 0.1) is 11.6 Å². The van der Waals surface area contributed by atoms with Crippen molar-refractivity contribution in [2.24, 2.45) is 5.92 Å². The van der Waals surface area contributed by atoms with E-state index in [9.17, 15) is 14.4 Å². The molecule has 1 aliphatic heterocycles. The molecule has 1 fully saturated rings. The molecule has 8 heteroatoms. The van der Waals surface area contributed by atoms with Gasteiger partial charge in [-0.25, -0.2) is 4.79 Å². The second-order valence-corrected chi connectivity index (χ2v) is 9.86. The van der Waals surface area contributed by atoms with Gasteiger partial charge in [0.15, 0.2) is 5.78 Å². The Balaban J connectivity index is 1.93. The molecule has 1 N–H and O–H groups in total. The van der Waals surface area contributed by atoms with Crippen molar-refractivity contribution in [3.05, 3.63) is 28.2 Å². The maximum atomic E-state index is 12.7. The Labute approximate surface area is 187 Å². The molecule has 0 bridgehead atoms. The van der Waals surface area contributed by atoms with Crippen LogP contribution in [0.1, 0.15) is 50.4 Å². The average Bonchev–Trinajstić information content (AvgIpc) is 2.57. The fourth-order valence-corrected chi connectivity index (χ4v) is 3.42. The third-order valence-electron chi connectivity index (χ3n) is 4.70. The summed E-state index contributed by atoms with van der Waals surface area (Å²) in [6.45, 7) is 6.98. The van der Waals surface area contributed by atoms with Crippen molar-refractivity contribution < 1.29 is 19.1 Å². The van der Waals surface area contributed by atoms with E-state index in [-0.39, 0.29) is 17.6 Å². The highest BCUT2D eigenvalue weighted by Gasteiger charge is 2.38. The fraction of sp³-hybridized carbons (Fsp3) is 0.591. The zero-order chi connectivity index (χ0) is 22.5. The molecule has 1 heterocycles. The molecule has 0 atom stereocenters. The van der Waals surface area contributed by atoms with Gasteiger partial charge in [-0.1, -0.05) is 15.9 Å². The SMILES string of the molecule is CN(C)CCCCC(=O)c1cc(Br)ccc1NC(=O)C1CN(C(=O)OC(C)(C)C)C1. The first-order chi connectivity index (χ1) is 14.0. The van der Waals surface area contributed by atoms with Crippen LogP contribution in [0.3, 0.4) is 0 Å². The maximum absolute atomic E-state index is 12.7. The highest BCUT2D eigenvalue weighted by Crippen LogP contribution is 2.26. The molecule has 1 aromatic rings. The number of ether oxygens (including phenoxy) is 1. The number of Topliss-reactive ketones (excluding diaryl/α,β-unsaturated/α-hetero) is 1. The van der Waals surface area contributed by atoms with E-state index in [2.05, 4.69) is 26.1 Å². The van der Waals surface area contributed by atoms with Crippen molar-refractivity contribution in [2.75, 3.05) is 39.0 Å². The number of unbranched alkanes of at least 4 members (excludes halogenated alkanes) is 1. The Morgan fingerprint density at radius 3 is 2.47 bits per heavy atom.